The lowest BCUT2D eigenvalue weighted by Gasteiger charge is -2.35. The van der Waals surface area contributed by atoms with Crippen LogP contribution in [-0.2, 0) is 9.47 Å². The molecular formula is C22H23N5O2. The highest BCUT2D eigenvalue weighted by Gasteiger charge is 2.30. The zero-order valence-corrected chi connectivity index (χ0v) is 16.3. The number of methoxy groups -OCH3 is 1. The lowest BCUT2D eigenvalue weighted by Crippen LogP contribution is -2.41. The van der Waals surface area contributed by atoms with Crippen LogP contribution in [0.3, 0.4) is 0 Å². The van der Waals surface area contributed by atoms with Gasteiger partial charge < -0.3 is 14.8 Å². The van der Waals surface area contributed by atoms with Crippen LogP contribution >= 0.6 is 0 Å². The first-order chi connectivity index (χ1) is 14.3. The van der Waals surface area contributed by atoms with E-state index in [0.717, 1.165) is 40.4 Å². The van der Waals surface area contributed by atoms with Crippen LogP contribution in [-0.4, -0.2) is 52.1 Å². The fourth-order valence-electron chi connectivity index (χ4n) is 3.75. The SMILES string of the molecule is COCCO[C@H]1C[C@@H](Nc2ncc3c(-c4ccc5ncccc5c4)ccn3n2)C1. The summed E-state index contributed by atoms with van der Waals surface area (Å²) in [5.41, 5.74) is 4.21. The van der Waals surface area contributed by atoms with E-state index in [-0.39, 0.29) is 0 Å². The molecule has 1 aliphatic rings. The van der Waals surface area contributed by atoms with Crippen molar-refractivity contribution >= 4 is 22.4 Å². The predicted molar refractivity (Wildman–Crippen MR) is 112 cm³/mol. The summed E-state index contributed by atoms with van der Waals surface area (Å²) in [5, 5.41) is 9.15. The van der Waals surface area contributed by atoms with Gasteiger partial charge in [-0.1, -0.05) is 12.1 Å². The molecule has 1 aliphatic carbocycles. The summed E-state index contributed by atoms with van der Waals surface area (Å²) in [6, 6.07) is 12.8. The van der Waals surface area contributed by atoms with E-state index in [1.165, 1.54) is 0 Å². The summed E-state index contributed by atoms with van der Waals surface area (Å²) in [6.45, 7) is 1.28. The molecule has 7 heteroatoms. The molecule has 0 aliphatic heterocycles. The fraction of sp³-hybridized carbons (Fsp3) is 0.318. The monoisotopic (exact) mass is 389 g/mol. The highest BCUT2D eigenvalue weighted by molar-refractivity contribution is 5.88. The zero-order valence-electron chi connectivity index (χ0n) is 16.3. The van der Waals surface area contributed by atoms with Gasteiger partial charge in [-0.2, -0.15) is 0 Å². The summed E-state index contributed by atoms with van der Waals surface area (Å²) < 4.78 is 12.6. The molecule has 3 aromatic heterocycles. The van der Waals surface area contributed by atoms with Crippen molar-refractivity contribution in [1.82, 2.24) is 19.6 Å². The Labute approximate surface area is 168 Å². The number of ether oxygens (including phenoxy) is 2. The van der Waals surface area contributed by atoms with E-state index in [9.17, 15) is 0 Å². The smallest absolute Gasteiger partial charge is 0.241 e. The minimum absolute atomic E-state index is 0.298. The van der Waals surface area contributed by atoms with Crippen molar-refractivity contribution < 1.29 is 9.47 Å². The summed E-state index contributed by atoms with van der Waals surface area (Å²) in [7, 11) is 1.69. The van der Waals surface area contributed by atoms with Crippen LogP contribution in [0, 0.1) is 0 Å². The zero-order chi connectivity index (χ0) is 19.6. The maximum absolute atomic E-state index is 5.72. The van der Waals surface area contributed by atoms with Gasteiger partial charge in [0.15, 0.2) is 0 Å². The number of aromatic nitrogens is 4. The second kappa shape index (κ2) is 7.77. The van der Waals surface area contributed by atoms with Gasteiger partial charge in [-0.25, -0.2) is 9.50 Å². The van der Waals surface area contributed by atoms with E-state index in [4.69, 9.17) is 9.47 Å². The molecule has 0 atom stereocenters. The Morgan fingerprint density at radius 1 is 1.14 bits per heavy atom. The van der Waals surface area contributed by atoms with E-state index in [1.807, 2.05) is 35.2 Å². The summed E-state index contributed by atoms with van der Waals surface area (Å²) in [5.74, 6) is 0.641. The van der Waals surface area contributed by atoms with Gasteiger partial charge in [0.25, 0.3) is 0 Å². The third-order valence-corrected chi connectivity index (χ3v) is 5.40. The first kappa shape index (κ1) is 18.0. The Balaban J connectivity index is 1.30. The first-order valence-electron chi connectivity index (χ1n) is 9.87. The molecular weight excluding hydrogens is 366 g/mol. The maximum Gasteiger partial charge on any atom is 0.241 e. The van der Waals surface area contributed by atoms with Gasteiger partial charge in [-0.15, -0.1) is 5.10 Å². The maximum atomic E-state index is 5.72. The topological polar surface area (TPSA) is 73.6 Å². The van der Waals surface area contributed by atoms with Crippen LogP contribution in [0.2, 0.25) is 0 Å². The van der Waals surface area contributed by atoms with Gasteiger partial charge in [0.1, 0.15) is 0 Å². The fourth-order valence-corrected chi connectivity index (χ4v) is 3.75. The number of hydrogen-bond acceptors (Lipinski definition) is 6. The molecule has 29 heavy (non-hydrogen) atoms. The molecule has 4 aromatic rings. The summed E-state index contributed by atoms with van der Waals surface area (Å²) >= 11 is 0. The van der Waals surface area contributed by atoms with Crippen molar-refractivity contribution in [2.24, 2.45) is 0 Å². The normalized spacial score (nSPS) is 18.8. The van der Waals surface area contributed by atoms with E-state index in [2.05, 4.69) is 44.6 Å². The van der Waals surface area contributed by atoms with Gasteiger partial charge in [0, 0.05) is 36.5 Å². The lowest BCUT2D eigenvalue weighted by atomic mass is 9.89. The van der Waals surface area contributed by atoms with E-state index >= 15 is 0 Å². The number of hydrogen-bond donors (Lipinski definition) is 1. The van der Waals surface area contributed by atoms with Crippen molar-refractivity contribution in [2.45, 2.75) is 25.0 Å². The molecule has 7 nitrogen and oxygen atoms in total. The summed E-state index contributed by atoms with van der Waals surface area (Å²) in [6.07, 6.45) is 7.90. The molecule has 0 bridgehead atoms. The third kappa shape index (κ3) is 3.66. The van der Waals surface area contributed by atoms with Crippen molar-refractivity contribution in [3.63, 3.8) is 0 Å². The Kier molecular flexibility index (Phi) is 4.83. The highest BCUT2D eigenvalue weighted by atomic mass is 16.5. The molecule has 3 heterocycles. The van der Waals surface area contributed by atoms with Gasteiger partial charge in [0.2, 0.25) is 5.95 Å². The lowest BCUT2D eigenvalue weighted by molar-refractivity contribution is -0.0261. The molecule has 1 aromatic carbocycles. The van der Waals surface area contributed by atoms with Crippen molar-refractivity contribution in [3.05, 3.63) is 55.0 Å². The molecule has 0 unspecified atom stereocenters. The standard InChI is InChI=1S/C22H23N5O2/c1-28-9-10-29-18-12-17(13-18)25-22-24-14-21-19(6-8-27(21)26-22)15-4-5-20-16(11-15)3-2-7-23-20/h2-8,11,14,17-18H,9-10,12-13H2,1H3,(H,25,26)/t17-,18+. The number of anilines is 1. The molecule has 5 rings (SSSR count). The Morgan fingerprint density at radius 3 is 2.97 bits per heavy atom. The van der Waals surface area contributed by atoms with Gasteiger partial charge in [-0.3, -0.25) is 4.98 Å². The average molecular weight is 389 g/mol. The van der Waals surface area contributed by atoms with E-state index < -0.39 is 0 Å². The van der Waals surface area contributed by atoms with Crippen molar-refractivity contribution in [2.75, 3.05) is 25.6 Å². The second-order valence-electron chi connectivity index (χ2n) is 7.35. The Morgan fingerprint density at radius 2 is 2.07 bits per heavy atom. The number of nitrogens with zero attached hydrogens (tertiary/aromatic N) is 4. The van der Waals surface area contributed by atoms with Crippen LogP contribution in [0.25, 0.3) is 27.5 Å². The molecule has 1 N–H and O–H groups in total. The van der Waals surface area contributed by atoms with Gasteiger partial charge in [-0.05, 0) is 42.7 Å². The molecule has 1 fully saturated rings. The molecule has 0 spiro atoms. The van der Waals surface area contributed by atoms with E-state index in [0.29, 0.717) is 31.3 Å². The predicted octanol–water partition coefficient (Wildman–Crippen LogP) is 3.55. The number of benzene rings is 1. The highest BCUT2D eigenvalue weighted by Crippen LogP contribution is 2.29. The average Bonchev–Trinajstić information content (AvgIpc) is 3.15. The number of nitrogens with one attached hydrogen (secondary N) is 1. The van der Waals surface area contributed by atoms with Crippen LogP contribution in [0.4, 0.5) is 5.95 Å². The van der Waals surface area contributed by atoms with Crippen LogP contribution < -0.4 is 5.32 Å². The number of rotatable bonds is 7. The van der Waals surface area contributed by atoms with Crippen LogP contribution in [0.15, 0.2) is 55.0 Å². The molecule has 148 valence electrons. The quantitative estimate of drug-likeness (QED) is 0.487. The van der Waals surface area contributed by atoms with Gasteiger partial charge >= 0.3 is 0 Å². The Hall–Kier alpha value is -3.03. The molecule has 0 saturated heterocycles. The first-order valence-corrected chi connectivity index (χ1v) is 9.87. The van der Waals surface area contributed by atoms with Crippen LogP contribution in [0.5, 0.6) is 0 Å². The van der Waals surface area contributed by atoms with Crippen molar-refractivity contribution in [1.29, 1.82) is 0 Å². The van der Waals surface area contributed by atoms with Crippen LogP contribution in [0.1, 0.15) is 12.8 Å². The number of pyridine rings is 1. The molecule has 0 amide bonds. The van der Waals surface area contributed by atoms with Gasteiger partial charge in [0.05, 0.1) is 36.5 Å². The minimum Gasteiger partial charge on any atom is -0.382 e. The molecule has 0 radical (unpaired) electrons. The second-order valence-corrected chi connectivity index (χ2v) is 7.35. The summed E-state index contributed by atoms with van der Waals surface area (Å²) in [4.78, 5) is 8.93. The van der Waals surface area contributed by atoms with Crippen molar-refractivity contribution in [3.8, 4) is 11.1 Å². The number of fused-ring (bicyclic) bond motifs is 2. The molecule has 1 saturated carbocycles. The van der Waals surface area contributed by atoms with E-state index in [1.54, 1.807) is 7.11 Å². The minimum atomic E-state index is 0.298. The third-order valence-electron chi connectivity index (χ3n) is 5.40. The largest absolute Gasteiger partial charge is 0.382 e. The Bertz CT molecular complexity index is 1140.